The van der Waals surface area contributed by atoms with Gasteiger partial charge in [0.2, 0.25) is 0 Å². The fourth-order valence-electron chi connectivity index (χ4n) is 3.49. The largest absolute Gasteiger partial charge is 0.380 e. The molecule has 1 N–H and O–H groups in total. The molecule has 3 aromatic rings. The van der Waals surface area contributed by atoms with Gasteiger partial charge in [0.25, 0.3) is 5.91 Å². The number of aryl methyl sites for hydroxylation is 1. The molecule has 26 heavy (non-hydrogen) atoms. The lowest BCUT2D eigenvalue weighted by Gasteiger charge is -2.18. The van der Waals surface area contributed by atoms with Crippen molar-refractivity contribution >= 4 is 22.9 Å². The molecule has 0 bridgehead atoms. The highest BCUT2D eigenvalue weighted by Gasteiger charge is 2.22. The Balaban J connectivity index is 1.50. The molecule has 1 aliphatic heterocycles. The highest BCUT2D eigenvalue weighted by Crippen LogP contribution is 2.24. The zero-order chi connectivity index (χ0) is 18.1. The second-order valence-corrected chi connectivity index (χ2v) is 6.57. The number of fused-ring (bicyclic) bond motifs is 1. The summed E-state index contributed by atoms with van der Waals surface area (Å²) in [5.41, 5.74) is 3.97. The topological polar surface area (TPSA) is 58.9 Å². The number of nitrogens with one attached hydrogen (secondary N) is 1. The number of benzene rings is 1. The Morgan fingerprint density at radius 2 is 2.04 bits per heavy atom. The van der Waals surface area contributed by atoms with Crippen LogP contribution in [0.2, 0.25) is 0 Å². The number of anilines is 2. The summed E-state index contributed by atoms with van der Waals surface area (Å²) < 4.78 is 7.23. The van der Waals surface area contributed by atoms with E-state index in [0.29, 0.717) is 17.5 Å². The predicted molar refractivity (Wildman–Crippen MR) is 102 cm³/mol. The van der Waals surface area contributed by atoms with Crippen molar-refractivity contribution in [3.63, 3.8) is 0 Å². The van der Waals surface area contributed by atoms with Gasteiger partial charge in [0, 0.05) is 37.8 Å². The first-order valence-electron chi connectivity index (χ1n) is 8.78. The molecule has 1 aromatic carbocycles. The van der Waals surface area contributed by atoms with Crippen LogP contribution in [0.15, 0.2) is 48.7 Å². The van der Waals surface area contributed by atoms with Gasteiger partial charge in [-0.25, -0.2) is 4.98 Å². The van der Waals surface area contributed by atoms with E-state index in [9.17, 15) is 4.79 Å². The second-order valence-electron chi connectivity index (χ2n) is 6.57. The molecule has 0 radical (unpaired) electrons. The number of hydrogen-bond donors (Lipinski definition) is 1. The first-order chi connectivity index (χ1) is 12.7. The van der Waals surface area contributed by atoms with Crippen LogP contribution in [0.5, 0.6) is 0 Å². The van der Waals surface area contributed by atoms with E-state index in [0.717, 1.165) is 36.5 Å². The number of nitrogens with zero attached hydrogens (tertiary/aromatic N) is 3. The minimum absolute atomic E-state index is 0.158. The lowest BCUT2D eigenvalue weighted by Crippen LogP contribution is -2.22. The number of hydrogen-bond acceptors (Lipinski definition) is 4. The van der Waals surface area contributed by atoms with E-state index >= 15 is 0 Å². The molecule has 1 aliphatic rings. The van der Waals surface area contributed by atoms with Crippen LogP contribution >= 0.6 is 0 Å². The lowest BCUT2D eigenvalue weighted by atomic mass is 10.2. The number of imidazole rings is 1. The highest BCUT2D eigenvalue weighted by molar-refractivity contribution is 6.04. The maximum atomic E-state index is 12.7. The normalized spacial score (nSPS) is 17.0. The molecule has 4 rings (SSSR count). The van der Waals surface area contributed by atoms with Crippen molar-refractivity contribution in [2.45, 2.75) is 19.4 Å². The fourth-order valence-corrected chi connectivity index (χ4v) is 3.49. The van der Waals surface area contributed by atoms with Crippen LogP contribution in [0, 0.1) is 6.92 Å². The van der Waals surface area contributed by atoms with Crippen LogP contribution in [0.25, 0.3) is 5.65 Å². The minimum atomic E-state index is -0.158. The van der Waals surface area contributed by atoms with Gasteiger partial charge in [0.15, 0.2) is 0 Å². The number of aromatic nitrogens is 2. The molecule has 1 amide bonds. The Bertz CT molecular complexity index is 933. The van der Waals surface area contributed by atoms with Gasteiger partial charge >= 0.3 is 0 Å². The number of ether oxygens (including phenoxy) is 1. The average molecular weight is 350 g/mol. The van der Waals surface area contributed by atoms with Crippen molar-refractivity contribution < 1.29 is 9.53 Å². The smallest absolute Gasteiger partial charge is 0.274 e. The number of methoxy groups -OCH3 is 1. The fraction of sp³-hybridized carbons (Fsp3) is 0.300. The quantitative estimate of drug-likeness (QED) is 0.785. The van der Waals surface area contributed by atoms with Crippen molar-refractivity contribution in [3.05, 3.63) is 60.0 Å². The Labute approximate surface area is 152 Å². The predicted octanol–water partition coefficient (Wildman–Crippen LogP) is 3.12. The number of rotatable bonds is 4. The van der Waals surface area contributed by atoms with Gasteiger partial charge in [0.1, 0.15) is 11.3 Å². The van der Waals surface area contributed by atoms with Gasteiger partial charge in [-0.05, 0) is 49.7 Å². The van der Waals surface area contributed by atoms with Crippen molar-refractivity contribution in [3.8, 4) is 0 Å². The van der Waals surface area contributed by atoms with Gasteiger partial charge in [-0.2, -0.15) is 0 Å². The molecule has 1 unspecified atom stereocenters. The van der Waals surface area contributed by atoms with E-state index in [2.05, 4.69) is 15.2 Å². The Hall–Kier alpha value is -2.86. The van der Waals surface area contributed by atoms with Gasteiger partial charge in [-0.15, -0.1) is 0 Å². The highest BCUT2D eigenvalue weighted by atomic mass is 16.5. The summed E-state index contributed by atoms with van der Waals surface area (Å²) in [6.45, 7) is 3.75. The van der Waals surface area contributed by atoms with Crippen LogP contribution in [0.1, 0.15) is 22.6 Å². The molecule has 1 atom stereocenters. The second kappa shape index (κ2) is 6.80. The maximum absolute atomic E-state index is 12.7. The zero-order valence-electron chi connectivity index (χ0n) is 15.0. The van der Waals surface area contributed by atoms with Crippen molar-refractivity contribution in [1.29, 1.82) is 0 Å². The summed E-state index contributed by atoms with van der Waals surface area (Å²) in [5.74, 6) is -0.158. The van der Waals surface area contributed by atoms with Crippen LogP contribution in [-0.4, -0.2) is 41.6 Å². The summed E-state index contributed by atoms with van der Waals surface area (Å²) in [6, 6.07) is 13.6. The van der Waals surface area contributed by atoms with E-state index in [1.165, 1.54) is 0 Å². The Kier molecular flexibility index (Phi) is 4.34. The maximum Gasteiger partial charge on any atom is 0.274 e. The molecular weight excluding hydrogens is 328 g/mol. The van der Waals surface area contributed by atoms with E-state index in [1.54, 1.807) is 7.11 Å². The number of amides is 1. The van der Waals surface area contributed by atoms with Crippen molar-refractivity contribution in [2.75, 3.05) is 30.4 Å². The molecule has 134 valence electrons. The third-order valence-corrected chi connectivity index (χ3v) is 4.89. The molecule has 0 spiro atoms. The summed E-state index contributed by atoms with van der Waals surface area (Å²) in [4.78, 5) is 19.5. The van der Waals surface area contributed by atoms with Gasteiger partial charge in [0.05, 0.1) is 11.8 Å². The van der Waals surface area contributed by atoms with Crippen LogP contribution < -0.4 is 10.2 Å². The van der Waals surface area contributed by atoms with E-state index < -0.39 is 0 Å². The zero-order valence-corrected chi connectivity index (χ0v) is 15.0. The third-order valence-electron chi connectivity index (χ3n) is 4.89. The Morgan fingerprint density at radius 3 is 2.77 bits per heavy atom. The first kappa shape index (κ1) is 16.6. The van der Waals surface area contributed by atoms with E-state index in [-0.39, 0.29) is 5.91 Å². The standard InChI is InChI=1S/C20H22N4O2/c1-14-19(24-11-4-3-5-18(24)21-14)20(25)22-15-6-8-16(9-7-15)23-12-10-17(13-23)26-2/h3-9,11,17H,10,12-13H2,1-2H3,(H,22,25). The third kappa shape index (κ3) is 3.04. The van der Waals surface area contributed by atoms with Crippen molar-refractivity contribution in [2.24, 2.45) is 0 Å². The number of carbonyl (C=O) groups is 1. The monoisotopic (exact) mass is 350 g/mol. The molecule has 6 heteroatoms. The van der Waals surface area contributed by atoms with Gasteiger partial charge < -0.3 is 15.0 Å². The summed E-state index contributed by atoms with van der Waals surface area (Å²) in [5, 5.41) is 2.97. The van der Waals surface area contributed by atoms with E-state index in [1.807, 2.05) is 60.0 Å². The molecule has 0 aliphatic carbocycles. The Morgan fingerprint density at radius 1 is 1.23 bits per heavy atom. The molecule has 1 fully saturated rings. The summed E-state index contributed by atoms with van der Waals surface area (Å²) in [7, 11) is 1.76. The summed E-state index contributed by atoms with van der Waals surface area (Å²) >= 11 is 0. The number of pyridine rings is 1. The summed E-state index contributed by atoms with van der Waals surface area (Å²) in [6.07, 6.45) is 3.20. The average Bonchev–Trinajstić information content (AvgIpc) is 3.25. The molecule has 0 saturated carbocycles. The van der Waals surface area contributed by atoms with E-state index in [4.69, 9.17) is 4.74 Å². The van der Waals surface area contributed by atoms with Gasteiger partial charge in [-0.1, -0.05) is 6.07 Å². The van der Waals surface area contributed by atoms with Crippen LogP contribution in [-0.2, 0) is 4.74 Å². The molecule has 1 saturated heterocycles. The first-order valence-corrected chi connectivity index (χ1v) is 8.78. The molecule has 6 nitrogen and oxygen atoms in total. The molecule has 2 aromatic heterocycles. The van der Waals surface area contributed by atoms with Crippen molar-refractivity contribution in [1.82, 2.24) is 9.38 Å². The molecular formula is C20H22N4O2. The minimum Gasteiger partial charge on any atom is -0.380 e. The lowest BCUT2D eigenvalue weighted by molar-refractivity contribution is 0.102. The van der Waals surface area contributed by atoms with Gasteiger partial charge in [-0.3, -0.25) is 9.20 Å². The van der Waals surface area contributed by atoms with Crippen LogP contribution in [0.3, 0.4) is 0 Å². The molecule has 3 heterocycles. The van der Waals surface area contributed by atoms with Crippen LogP contribution in [0.4, 0.5) is 11.4 Å². The SMILES string of the molecule is COC1CCN(c2ccc(NC(=O)c3c(C)nc4ccccn34)cc2)C1. The number of carbonyl (C=O) groups excluding carboxylic acids is 1.